The number of amides is 1. The molecule has 1 amide bonds. The van der Waals surface area contributed by atoms with Gasteiger partial charge in [0, 0.05) is 25.6 Å². The number of hydrogen-bond donors (Lipinski definition) is 0. The lowest BCUT2D eigenvalue weighted by Crippen LogP contribution is -2.42. The Bertz CT molecular complexity index is 1010. The highest BCUT2D eigenvalue weighted by atomic mass is 32.2. The van der Waals surface area contributed by atoms with Crippen LogP contribution in [0.3, 0.4) is 0 Å². The fraction of sp³-hybridized carbons (Fsp3) is 0.458. The third kappa shape index (κ3) is 5.42. The summed E-state index contributed by atoms with van der Waals surface area (Å²) in [6, 6.07) is 12.9. The predicted octanol–water partition coefficient (Wildman–Crippen LogP) is 3.77. The van der Waals surface area contributed by atoms with Gasteiger partial charge in [-0.3, -0.25) is 4.79 Å². The Morgan fingerprint density at radius 2 is 1.69 bits per heavy atom. The van der Waals surface area contributed by atoms with Gasteiger partial charge in [0.2, 0.25) is 5.91 Å². The van der Waals surface area contributed by atoms with Crippen molar-refractivity contribution in [2.24, 2.45) is 5.92 Å². The Hall–Kier alpha value is -2.58. The minimum atomic E-state index is -3.95. The normalized spacial score (nSPS) is 18.7. The number of hydrogen-bond acceptors (Lipinski definition) is 6. The molecule has 32 heavy (non-hydrogen) atoms. The lowest BCUT2D eigenvalue weighted by molar-refractivity contribution is -0.140. The first-order valence-electron chi connectivity index (χ1n) is 11.0. The van der Waals surface area contributed by atoms with Gasteiger partial charge in [0.15, 0.2) is 0 Å². The molecule has 2 aromatic carbocycles. The van der Waals surface area contributed by atoms with Crippen LogP contribution in [0.2, 0.25) is 0 Å². The smallest absolute Gasteiger partial charge is 0.339 e. The number of carbonyl (C=O) groups excluding carboxylic acids is 1. The van der Waals surface area contributed by atoms with Crippen LogP contribution in [0.4, 0.5) is 0 Å². The molecule has 7 nitrogen and oxygen atoms in total. The average molecular weight is 460 g/mol. The van der Waals surface area contributed by atoms with Gasteiger partial charge in [0.25, 0.3) is 0 Å². The van der Waals surface area contributed by atoms with Crippen molar-refractivity contribution in [3.05, 3.63) is 54.1 Å². The van der Waals surface area contributed by atoms with Gasteiger partial charge >= 0.3 is 10.1 Å². The van der Waals surface area contributed by atoms with Crippen LogP contribution in [-0.2, 0) is 26.2 Å². The van der Waals surface area contributed by atoms with Gasteiger partial charge in [-0.25, -0.2) is 0 Å². The Labute approximate surface area is 189 Å². The molecule has 8 heteroatoms. The molecule has 0 radical (unpaired) electrons. The molecule has 1 atom stereocenters. The molecule has 2 fully saturated rings. The monoisotopic (exact) mass is 459 g/mol. The highest BCUT2D eigenvalue weighted by Gasteiger charge is 2.31. The fourth-order valence-corrected chi connectivity index (χ4v) is 4.90. The maximum absolute atomic E-state index is 12.9. The van der Waals surface area contributed by atoms with Crippen LogP contribution in [0.5, 0.6) is 11.5 Å². The van der Waals surface area contributed by atoms with Crippen LogP contribution in [0, 0.1) is 5.92 Å². The third-order valence-electron chi connectivity index (χ3n) is 6.06. The molecule has 1 unspecified atom stereocenters. The van der Waals surface area contributed by atoms with Gasteiger partial charge in [0.05, 0.1) is 13.2 Å². The van der Waals surface area contributed by atoms with Crippen LogP contribution in [0.1, 0.15) is 37.7 Å². The summed E-state index contributed by atoms with van der Waals surface area (Å²) in [5.74, 6) is 1.10. The zero-order valence-electron chi connectivity index (χ0n) is 18.2. The first-order valence-corrected chi connectivity index (χ1v) is 12.4. The second-order valence-corrected chi connectivity index (χ2v) is 9.88. The van der Waals surface area contributed by atoms with Gasteiger partial charge in [-0.05, 0) is 67.6 Å². The molecule has 0 bridgehead atoms. The van der Waals surface area contributed by atoms with E-state index in [1.54, 1.807) is 36.4 Å². The third-order valence-corrected chi connectivity index (χ3v) is 7.33. The van der Waals surface area contributed by atoms with Crippen molar-refractivity contribution in [3.8, 4) is 11.5 Å². The van der Waals surface area contributed by atoms with E-state index in [0.29, 0.717) is 18.8 Å². The van der Waals surface area contributed by atoms with Crippen molar-refractivity contribution >= 4 is 16.0 Å². The van der Waals surface area contributed by atoms with Crippen LogP contribution >= 0.6 is 0 Å². The molecule has 172 valence electrons. The van der Waals surface area contributed by atoms with Crippen LogP contribution < -0.4 is 8.92 Å². The Balaban J connectivity index is 1.42. The molecule has 1 saturated heterocycles. The summed E-state index contributed by atoms with van der Waals surface area (Å²) >= 11 is 0. The van der Waals surface area contributed by atoms with Crippen LogP contribution in [0.15, 0.2) is 53.4 Å². The topological polar surface area (TPSA) is 82.1 Å². The molecular weight excluding hydrogens is 430 g/mol. The van der Waals surface area contributed by atoms with E-state index in [-0.39, 0.29) is 28.6 Å². The summed E-state index contributed by atoms with van der Waals surface area (Å²) in [5.41, 5.74) is 0.921. The van der Waals surface area contributed by atoms with Crippen molar-refractivity contribution in [1.29, 1.82) is 0 Å². The number of benzene rings is 2. The van der Waals surface area contributed by atoms with E-state index < -0.39 is 10.1 Å². The number of carbonyl (C=O) groups is 1. The van der Waals surface area contributed by atoms with Gasteiger partial charge in [0.1, 0.15) is 16.4 Å². The quantitative estimate of drug-likeness (QED) is 0.531. The van der Waals surface area contributed by atoms with E-state index in [1.165, 1.54) is 19.2 Å². The molecule has 2 aliphatic rings. The minimum Gasteiger partial charge on any atom is -0.497 e. The second-order valence-electron chi connectivity index (χ2n) is 8.34. The fourth-order valence-electron chi connectivity index (χ4n) is 3.97. The number of rotatable bonds is 9. The van der Waals surface area contributed by atoms with Crippen molar-refractivity contribution in [3.63, 3.8) is 0 Å². The Morgan fingerprint density at radius 1 is 1.00 bits per heavy atom. The van der Waals surface area contributed by atoms with Gasteiger partial charge < -0.3 is 18.6 Å². The molecule has 1 aliphatic heterocycles. The molecule has 2 aromatic rings. The van der Waals surface area contributed by atoms with Gasteiger partial charge in [-0.2, -0.15) is 8.42 Å². The molecule has 1 saturated carbocycles. The van der Waals surface area contributed by atoms with E-state index in [0.717, 1.165) is 44.3 Å². The summed E-state index contributed by atoms with van der Waals surface area (Å²) in [6.45, 7) is 1.82. The molecule has 0 spiro atoms. The SMILES string of the molecule is COc1ccc(S(=O)(=O)Oc2ccc(CN(CC3CCCO3)C(=O)C3CCC3)cc2)cc1. The molecule has 0 aromatic heterocycles. The number of nitrogens with zero attached hydrogens (tertiary/aromatic N) is 1. The van der Waals surface area contributed by atoms with Crippen LogP contribution in [-0.4, -0.2) is 45.6 Å². The van der Waals surface area contributed by atoms with E-state index in [9.17, 15) is 13.2 Å². The first kappa shape index (κ1) is 22.6. The maximum atomic E-state index is 12.9. The zero-order chi connectivity index (χ0) is 22.6. The molecule has 0 N–H and O–H groups in total. The molecular formula is C24H29NO6S. The van der Waals surface area contributed by atoms with Crippen molar-refractivity contribution in [2.45, 2.75) is 49.6 Å². The minimum absolute atomic E-state index is 0.0520. The van der Waals surface area contributed by atoms with E-state index in [2.05, 4.69) is 0 Å². The summed E-state index contributed by atoms with van der Waals surface area (Å²) in [4.78, 5) is 14.9. The summed E-state index contributed by atoms with van der Waals surface area (Å²) in [7, 11) is -2.43. The van der Waals surface area contributed by atoms with Crippen molar-refractivity contribution < 1.29 is 26.9 Å². The van der Waals surface area contributed by atoms with E-state index in [4.69, 9.17) is 13.7 Å². The second kappa shape index (κ2) is 9.92. The summed E-state index contributed by atoms with van der Waals surface area (Å²) < 4.78 is 41.1. The number of ether oxygens (including phenoxy) is 2. The van der Waals surface area contributed by atoms with Gasteiger partial charge in [-0.1, -0.05) is 18.6 Å². The summed E-state index contributed by atoms with van der Waals surface area (Å²) in [6.07, 6.45) is 5.12. The average Bonchev–Trinajstić information content (AvgIpc) is 3.26. The van der Waals surface area contributed by atoms with Gasteiger partial charge in [-0.15, -0.1) is 0 Å². The van der Waals surface area contributed by atoms with E-state index >= 15 is 0 Å². The molecule has 1 aliphatic carbocycles. The Morgan fingerprint density at radius 3 is 2.25 bits per heavy atom. The van der Waals surface area contributed by atoms with Crippen molar-refractivity contribution in [1.82, 2.24) is 4.90 Å². The Kier molecular flexibility index (Phi) is 7.01. The summed E-state index contributed by atoms with van der Waals surface area (Å²) in [5, 5.41) is 0. The largest absolute Gasteiger partial charge is 0.497 e. The van der Waals surface area contributed by atoms with Crippen LogP contribution in [0.25, 0.3) is 0 Å². The molecule has 1 heterocycles. The maximum Gasteiger partial charge on any atom is 0.339 e. The standard InChI is InChI=1S/C24H29NO6S/c1-29-20-11-13-23(14-12-20)32(27,28)31-21-9-7-18(8-10-21)16-25(17-22-6-3-15-30-22)24(26)19-4-2-5-19/h7-14,19,22H,2-6,15-17H2,1H3. The lowest BCUT2D eigenvalue weighted by Gasteiger charge is -2.33. The predicted molar refractivity (Wildman–Crippen MR) is 119 cm³/mol. The number of methoxy groups -OCH3 is 1. The zero-order valence-corrected chi connectivity index (χ0v) is 19.1. The highest BCUT2D eigenvalue weighted by molar-refractivity contribution is 7.87. The highest BCUT2D eigenvalue weighted by Crippen LogP contribution is 2.30. The lowest BCUT2D eigenvalue weighted by atomic mass is 9.84. The van der Waals surface area contributed by atoms with E-state index in [1.807, 2.05) is 4.90 Å². The molecule has 4 rings (SSSR count). The van der Waals surface area contributed by atoms with Crippen molar-refractivity contribution in [2.75, 3.05) is 20.3 Å². The first-order chi connectivity index (χ1) is 15.4.